The molecule has 94 valence electrons. The van der Waals surface area contributed by atoms with E-state index in [0.717, 1.165) is 43.2 Å². The van der Waals surface area contributed by atoms with Gasteiger partial charge < -0.3 is 0 Å². The molecule has 0 atom stereocenters. The van der Waals surface area contributed by atoms with Crippen molar-refractivity contribution in [3.05, 3.63) is 35.4 Å². The fourth-order valence-electron chi connectivity index (χ4n) is 2.56. The lowest BCUT2D eigenvalue weighted by molar-refractivity contribution is -0.137. The van der Waals surface area contributed by atoms with Gasteiger partial charge in [0.15, 0.2) is 0 Å². The molecule has 3 heteroatoms. The molecule has 0 radical (unpaired) electrons. The first-order valence-corrected chi connectivity index (χ1v) is 6.14. The maximum Gasteiger partial charge on any atom is 0.416 e. The van der Waals surface area contributed by atoms with Gasteiger partial charge in [-0.3, -0.25) is 0 Å². The summed E-state index contributed by atoms with van der Waals surface area (Å²) in [4.78, 5) is 0. The first-order chi connectivity index (χ1) is 7.97. The molecule has 0 N–H and O–H groups in total. The lowest BCUT2D eigenvalue weighted by atomic mass is 9.79. The van der Waals surface area contributed by atoms with Crippen molar-refractivity contribution in [2.45, 2.75) is 44.7 Å². The summed E-state index contributed by atoms with van der Waals surface area (Å²) in [6.45, 7) is 2.21. The highest BCUT2D eigenvalue weighted by molar-refractivity contribution is 5.28. The summed E-state index contributed by atoms with van der Waals surface area (Å²) in [6, 6.07) is 5.82. The van der Waals surface area contributed by atoms with Crippen LogP contribution in [-0.4, -0.2) is 0 Å². The first-order valence-electron chi connectivity index (χ1n) is 6.14. The minimum Gasteiger partial charge on any atom is -0.166 e. The van der Waals surface area contributed by atoms with Gasteiger partial charge in [-0.1, -0.05) is 38.0 Å². The van der Waals surface area contributed by atoms with Crippen molar-refractivity contribution in [1.82, 2.24) is 0 Å². The van der Waals surface area contributed by atoms with Gasteiger partial charge in [-0.25, -0.2) is 0 Å². The van der Waals surface area contributed by atoms with Crippen LogP contribution < -0.4 is 0 Å². The second kappa shape index (κ2) is 4.71. The quantitative estimate of drug-likeness (QED) is 0.650. The summed E-state index contributed by atoms with van der Waals surface area (Å²) in [5.74, 6) is 1.03. The molecule has 0 bridgehead atoms. The lowest BCUT2D eigenvalue weighted by Crippen LogP contribution is -2.12. The Morgan fingerprint density at radius 1 is 1.06 bits per heavy atom. The molecule has 1 aliphatic carbocycles. The van der Waals surface area contributed by atoms with Gasteiger partial charge in [0.25, 0.3) is 0 Å². The van der Waals surface area contributed by atoms with Crippen LogP contribution in [0, 0.1) is 5.92 Å². The molecular weight excluding hydrogens is 225 g/mol. The highest BCUT2D eigenvalue weighted by atomic mass is 19.4. The van der Waals surface area contributed by atoms with Gasteiger partial charge in [-0.15, -0.1) is 0 Å². The Balaban J connectivity index is 2.16. The van der Waals surface area contributed by atoms with Crippen molar-refractivity contribution in [3.63, 3.8) is 0 Å². The molecule has 0 aromatic heterocycles. The Morgan fingerprint density at radius 2 is 1.71 bits per heavy atom. The van der Waals surface area contributed by atoms with Crippen LogP contribution in [0.3, 0.4) is 0 Å². The van der Waals surface area contributed by atoms with E-state index in [-0.39, 0.29) is 0 Å². The number of rotatable bonds is 1. The van der Waals surface area contributed by atoms with Gasteiger partial charge in [0, 0.05) is 0 Å². The number of benzene rings is 1. The van der Waals surface area contributed by atoms with Crippen LogP contribution in [0.4, 0.5) is 13.2 Å². The van der Waals surface area contributed by atoms with Gasteiger partial charge in [0.1, 0.15) is 0 Å². The largest absolute Gasteiger partial charge is 0.416 e. The standard InChI is InChI=1S/C14H17F3/c1-10-5-7-11(8-6-10)12-3-2-4-13(9-12)14(15,16)17/h2-4,9-11H,5-8H2,1H3. The molecule has 1 aliphatic rings. The van der Waals surface area contributed by atoms with Crippen molar-refractivity contribution < 1.29 is 13.2 Å². The topological polar surface area (TPSA) is 0 Å². The van der Waals surface area contributed by atoms with Crippen LogP contribution in [-0.2, 0) is 6.18 Å². The maximum absolute atomic E-state index is 12.6. The van der Waals surface area contributed by atoms with Crippen LogP contribution >= 0.6 is 0 Å². The zero-order valence-corrected chi connectivity index (χ0v) is 9.93. The van der Waals surface area contributed by atoms with E-state index in [1.165, 1.54) is 12.1 Å². The monoisotopic (exact) mass is 242 g/mol. The van der Waals surface area contributed by atoms with E-state index < -0.39 is 11.7 Å². The van der Waals surface area contributed by atoms with E-state index in [0.29, 0.717) is 5.92 Å². The minimum absolute atomic E-state index is 0.313. The van der Waals surface area contributed by atoms with Crippen LogP contribution in [0.15, 0.2) is 24.3 Å². The molecule has 0 saturated heterocycles. The molecule has 1 aromatic rings. The van der Waals surface area contributed by atoms with Crippen LogP contribution in [0.2, 0.25) is 0 Å². The maximum atomic E-state index is 12.6. The van der Waals surface area contributed by atoms with Crippen molar-refractivity contribution in [2.24, 2.45) is 5.92 Å². The number of hydrogen-bond donors (Lipinski definition) is 0. The second-order valence-corrected chi connectivity index (χ2v) is 5.08. The Labute approximate surface area is 99.8 Å². The van der Waals surface area contributed by atoms with E-state index in [1.54, 1.807) is 0 Å². The molecule has 0 unspecified atom stereocenters. The normalized spacial score (nSPS) is 25.9. The summed E-state index contributed by atoms with van der Waals surface area (Å²) in [5.41, 5.74) is 0.334. The molecule has 0 spiro atoms. The fourth-order valence-corrected chi connectivity index (χ4v) is 2.56. The average molecular weight is 242 g/mol. The Morgan fingerprint density at radius 3 is 2.29 bits per heavy atom. The molecule has 0 amide bonds. The van der Waals surface area contributed by atoms with Gasteiger partial charge in [0.2, 0.25) is 0 Å². The smallest absolute Gasteiger partial charge is 0.166 e. The van der Waals surface area contributed by atoms with Crippen LogP contribution in [0.1, 0.15) is 49.7 Å². The molecule has 2 rings (SSSR count). The van der Waals surface area contributed by atoms with Crippen LogP contribution in [0.25, 0.3) is 0 Å². The van der Waals surface area contributed by atoms with E-state index in [4.69, 9.17) is 0 Å². The number of halogens is 3. The minimum atomic E-state index is -4.22. The van der Waals surface area contributed by atoms with Crippen molar-refractivity contribution >= 4 is 0 Å². The summed E-state index contributed by atoms with van der Waals surface area (Å²) in [6.07, 6.45) is 0.0603. The molecule has 1 saturated carbocycles. The van der Waals surface area contributed by atoms with Gasteiger partial charge in [-0.2, -0.15) is 13.2 Å². The van der Waals surface area contributed by atoms with Gasteiger partial charge >= 0.3 is 6.18 Å². The summed E-state index contributed by atoms with van der Waals surface area (Å²) in [7, 11) is 0. The first kappa shape index (κ1) is 12.5. The molecular formula is C14H17F3. The fraction of sp³-hybridized carbons (Fsp3) is 0.571. The van der Waals surface area contributed by atoms with Crippen molar-refractivity contribution in [2.75, 3.05) is 0 Å². The Hall–Kier alpha value is -0.990. The summed E-state index contributed by atoms with van der Waals surface area (Å²) in [5, 5.41) is 0. The van der Waals surface area contributed by atoms with Gasteiger partial charge in [-0.05, 0) is 36.3 Å². The third-order valence-electron chi connectivity index (χ3n) is 3.70. The van der Waals surface area contributed by atoms with E-state index in [1.807, 2.05) is 6.07 Å². The SMILES string of the molecule is CC1CCC(c2cccc(C(F)(F)F)c2)CC1. The van der Waals surface area contributed by atoms with Crippen LogP contribution in [0.5, 0.6) is 0 Å². The molecule has 17 heavy (non-hydrogen) atoms. The molecule has 0 heterocycles. The molecule has 1 aromatic carbocycles. The summed E-state index contributed by atoms with van der Waals surface area (Å²) >= 11 is 0. The predicted molar refractivity (Wildman–Crippen MR) is 61.8 cm³/mol. The second-order valence-electron chi connectivity index (χ2n) is 5.08. The van der Waals surface area contributed by atoms with Crippen molar-refractivity contribution in [3.8, 4) is 0 Å². The van der Waals surface area contributed by atoms with Crippen molar-refractivity contribution in [1.29, 1.82) is 0 Å². The van der Waals surface area contributed by atoms with E-state index in [9.17, 15) is 13.2 Å². The number of hydrogen-bond acceptors (Lipinski definition) is 0. The lowest BCUT2D eigenvalue weighted by Gasteiger charge is -2.26. The molecule has 1 fully saturated rings. The Bertz CT molecular complexity index is 373. The van der Waals surface area contributed by atoms with E-state index in [2.05, 4.69) is 6.92 Å². The highest BCUT2D eigenvalue weighted by Gasteiger charge is 2.31. The zero-order chi connectivity index (χ0) is 12.5. The molecule has 0 nitrogen and oxygen atoms in total. The van der Waals surface area contributed by atoms with E-state index >= 15 is 0 Å². The van der Waals surface area contributed by atoms with Gasteiger partial charge in [0.05, 0.1) is 5.56 Å². The number of alkyl halides is 3. The predicted octanol–water partition coefficient (Wildman–Crippen LogP) is 5.00. The average Bonchev–Trinajstić information content (AvgIpc) is 2.29. The third-order valence-corrected chi connectivity index (χ3v) is 3.70. The third kappa shape index (κ3) is 3.02. The Kier molecular flexibility index (Phi) is 3.45. The zero-order valence-electron chi connectivity index (χ0n) is 9.93. The highest BCUT2D eigenvalue weighted by Crippen LogP contribution is 2.37. The molecule has 0 aliphatic heterocycles. The summed E-state index contributed by atoms with van der Waals surface area (Å²) < 4.78 is 37.8.